The minimum absolute atomic E-state index is 0.0541. The van der Waals surface area contributed by atoms with Crippen LogP contribution in [0.15, 0.2) is 18.2 Å². The predicted molar refractivity (Wildman–Crippen MR) is 181 cm³/mol. The van der Waals surface area contributed by atoms with E-state index in [4.69, 9.17) is 37.9 Å². The normalized spacial score (nSPS) is 26.8. The highest BCUT2D eigenvalue weighted by Gasteiger charge is 2.57. The van der Waals surface area contributed by atoms with Crippen LogP contribution in [0.3, 0.4) is 0 Å². The van der Waals surface area contributed by atoms with Crippen LogP contribution in [0.1, 0.15) is 103 Å². The van der Waals surface area contributed by atoms with Crippen molar-refractivity contribution in [2.75, 3.05) is 67.4 Å². The first-order chi connectivity index (χ1) is 22.7. The van der Waals surface area contributed by atoms with Gasteiger partial charge in [-0.2, -0.15) is 0 Å². The molecule has 2 saturated carbocycles. The second-order valence-corrected chi connectivity index (χ2v) is 14.9. The van der Waals surface area contributed by atoms with Crippen molar-refractivity contribution in [2.45, 2.75) is 110 Å². The Balaban J connectivity index is 1.18. The monoisotopic (exact) mass is 662 g/mol. The van der Waals surface area contributed by atoms with Crippen molar-refractivity contribution >= 4 is 5.97 Å². The highest BCUT2D eigenvalue weighted by atomic mass is 16.7. The fourth-order valence-electron chi connectivity index (χ4n) is 8.57. The lowest BCUT2D eigenvalue weighted by atomic mass is 9.52. The topological polar surface area (TPSA) is 90.9 Å². The molecule has 2 fully saturated rings. The summed E-state index contributed by atoms with van der Waals surface area (Å²) in [4.78, 5) is 11.6. The summed E-state index contributed by atoms with van der Waals surface area (Å²) in [5.74, 6) is 3.25. The van der Waals surface area contributed by atoms with Gasteiger partial charge < -0.3 is 37.9 Å². The molecular formula is C38H62O9. The van der Waals surface area contributed by atoms with Crippen molar-refractivity contribution in [3.63, 3.8) is 0 Å². The van der Waals surface area contributed by atoms with Gasteiger partial charge in [0.1, 0.15) is 24.8 Å². The maximum atomic E-state index is 11.6. The number of carbonyl (C=O) groups is 1. The van der Waals surface area contributed by atoms with Crippen molar-refractivity contribution in [3.8, 4) is 5.75 Å². The molecule has 0 N–H and O–H groups in total. The van der Waals surface area contributed by atoms with Gasteiger partial charge in [-0.25, -0.2) is 4.79 Å². The number of ether oxygens (including phenoxy) is 8. The Morgan fingerprint density at radius 1 is 0.872 bits per heavy atom. The van der Waals surface area contributed by atoms with E-state index in [1.54, 1.807) is 19.8 Å². The molecule has 1 aromatic rings. The number of carbonyl (C=O) groups excluding carboxylic acids is 1. The van der Waals surface area contributed by atoms with Gasteiger partial charge in [-0.3, -0.25) is 0 Å². The maximum absolute atomic E-state index is 11.6. The Morgan fingerprint density at radius 2 is 1.60 bits per heavy atom. The van der Waals surface area contributed by atoms with E-state index >= 15 is 0 Å². The molecule has 4 rings (SSSR count). The molecule has 1 aromatic carbocycles. The molecule has 3 aliphatic rings. The van der Waals surface area contributed by atoms with Gasteiger partial charge in [-0.05, 0) is 118 Å². The lowest BCUT2D eigenvalue weighted by Crippen LogP contribution is -2.47. The van der Waals surface area contributed by atoms with E-state index in [0.29, 0.717) is 63.0 Å². The number of benzene rings is 1. The quantitative estimate of drug-likeness (QED) is 0.0778. The number of fused-ring (bicyclic) bond motifs is 5. The summed E-state index contributed by atoms with van der Waals surface area (Å²) >= 11 is 0. The minimum Gasteiger partial charge on any atom is -0.468 e. The molecule has 0 amide bonds. The number of hydrogen-bond acceptors (Lipinski definition) is 9. The summed E-state index contributed by atoms with van der Waals surface area (Å²) in [6, 6.07) is 6.76. The third-order valence-corrected chi connectivity index (χ3v) is 10.5. The molecular weight excluding hydrogens is 600 g/mol. The predicted octanol–water partition coefficient (Wildman–Crippen LogP) is 7.08. The standard InChI is InChI=1S/C38H62O9/c1-37(2,3)47-35(39)25-44-22-21-43-20-19-42-18-10-8-7-9-11-28-23-29-24-30(45-26-40-5)12-13-31(29)32-16-17-38(4)33(36(28)32)14-15-34(38)46-27-41-6/h12-13,24,28,32-34,36H,7-11,14-23,25-27H2,1-6H3/t28-,32-,33+,34+,36-,38+/m1/s1. The lowest BCUT2D eigenvalue weighted by molar-refractivity contribution is -0.160. The molecule has 0 heterocycles. The van der Waals surface area contributed by atoms with Crippen LogP contribution in [0.2, 0.25) is 0 Å². The van der Waals surface area contributed by atoms with Gasteiger partial charge in [-0.1, -0.05) is 32.3 Å². The van der Waals surface area contributed by atoms with Crippen LogP contribution in [0.5, 0.6) is 5.75 Å². The van der Waals surface area contributed by atoms with Gasteiger partial charge in [0.2, 0.25) is 0 Å². The molecule has 6 atom stereocenters. The molecule has 268 valence electrons. The fourth-order valence-corrected chi connectivity index (χ4v) is 8.57. The molecule has 0 saturated heterocycles. The second kappa shape index (κ2) is 18.9. The smallest absolute Gasteiger partial charge is 0.332 e. The summed E-state index contributed by atoms with van der Waals surface area (Å²) in [7, 11) is 3.39. The van der Waals surface area contributed by atoms with E-state index < -0.39 is 5.60 Å². The lowest BCUT2D eigenvalue weighted by Gasteiger charge is -2.53. The Hall–Kier alpha value is -1.75. The summed E-state index contributed by atoms with van der Waals surface area (Å²) in [6.45, 7) is 11.3. The summed E-state index contributed by atoms with van der Waals surface area (Å²) in [6.07, 6.45) is 12.3. The highest BCUT2D eigenvalue weighted by Crippen LogP contribution is 2.63. The van der Waals surface area contributed by atoms with E-state index in [9.17, 15) is 4.79 Å². The molecule has 0 unspecified atom stereocenters. The van der Waals surface area contributed by atoms with Gasteiger partial charge in [0, 0.05) is 20.8 Å². The zero-order chi connectivity index (χ0) is 33.7. The van der Waals surface area contributed by atoms with Crippen LogP contribution in [0, 0.1) is 23.2 Å². The largest absolute Gasteiger partial charge is 0.468 e. The number of rotatable bonds is 21. The maximum Gasteiger partial charge on any atom is 0.332 e. The zero-order valence-electron chi connectivity index (χ0n) is 30.0. The molecule has 0 radical (unpaired) electrons. The number of unbranched alkanes of at least 4 members (excludes halogenated alkanes) is 3. The van der Waals surface area contributed by atoms with Crippen LogP contribution in [-0.4, -0.2) is 85.1 Å². The van der Waals surface area contributed by atoms with Crippen LogP contribution in [-0.2, 0) is 44.4 Å². The molecule has 0 aliphatic heterocycles. The molecule has 0 spiro atoms. The summed E-state index contributed by atoms with van der Waals surface area (Å²) in [5, 5.41) is 0. The van der Waals surface area contributed by atoms with Crippen molar-refractivity contribution < 1.29 is 42.7 Å². The first kappa shape index (κ1) is 38.1. The van der Waals surface area contributed by atoms with Crippen LogP contribution >= 0.6 is 0 Å². The van der Waals surface area contributed by atoms with Crippen molar-refractivity contribution in [1.29, 1.82) is 0 Å². The van der Waals surface area contributed by atoms with Gasteiger partial charge in [-0.15, -0.1) is 0 Å². The van der Waals surface area contributed by atoms with E-state index in [1.807, 2.05) is 20.8 Å². The summed E-state index contributed by atoms with van der Waals surface area (Å²) < 4.78 is 44.5. The average molecular weight is 663 g/mol. The van der Waals surface area contributed by atoms with E-state index in [-0.39, 0.29) is 24.8 Å². The Morgan fingerprint density at radius 3 is 2.34 bits per heavy atom. The van der Waals surface area contributed by atoms with Gasteiger partial charge >= 0.3 is 5.97 Å². The van der Waals surface area contributed by atoms with Crippen molar-refractivity contribution in [1.82, 2.24) is 0 Å². The van der Waals surface area contributed by atoms with Crippen molar-refractivity contribution in [2.24, 2.45) is 23.2 Å². The molecule has 3 aliphatic carbocycles. The number of methoxy groups -OCH3 is 2. The Bertz CT molecular complexity index is 1070. The van der Waals surface area contributed by atoms with Gasteiger partial charge in [0.25, 0.3) is 0 Å². The van der Waals surface area contributed by atoms with Crippen LogP contribution in [0.4, 0.5) is 0 Å². The minimum atomic E-state index is -0.497. The van der Waals surface area contributed by atoms with Crippen LogP contribution in [0.25, 0.3) is 0 Å². The molecule has 0 aromatic heterocycles. The Labute approximate surface area is 283 Å². The van der Waals surface area contributed by atoms with Gasteiger partial charge in [0.05, 0.1) is 32.5 Å². The van der Waals surface area contributed by atoms with Crippen LogP contribution < -0.4 is 4.74 Å². The van der Waals surface area contributed by atoms with E-state index in [2.05, 4.69) is 25.1 Å². The molecule has 47 heavy (non-hydrogen) atoms. The first-order valence-electron chi connectivity index (χ1n) is 18.0. The number of esters is 1. The summed E-state index contributed by atoms with van der Waals surface area (Å²) in [5.41, 5.74) is 2.76. The van der Waals surface area contributed by atoms with E-state index in [1.165, 1.54) is 50.5 Å². The molecule has 9 heteroatoms. The van der Waals surface area contributed by atoms with Gasteiger partial charge in [0.15, 0.2) is 6.79 Å². The fraction of sp³-hybridized carbons (Fsp3) is 0.816. The zero-order valence-corrected chi connectivity index (χ0v) is 30.0. The van der Waals surface area contributed by atoms with Crippen molar-refractivity contribution in [3.05, 3.63) is 29.3 Å². The molecule has 9 nitrogen and oxygen atoms in total. The molecule has 0 bridgehead atoms. The van der Waals surface area contributed by atoms with E-state index in [0.717, 1.165) is 31.6 Å². The highest BCUT2D eigenvalue weighted by molar-refractivity contribution is 5.71. The third kappa shape index (κ3) is 11.1. The Kier molecular flexibility index (Phi) is 15.3. The number of hydrogen-bond donors (Lipinski definition) is 0. The third-order valence-electron chi connectivity index (χ3n) is 10.5. The SMILES string of the molecule is COCOc1ccc2c(c1)C[C@@H](CCCCCCOCCOCCOCC(=O)OC(C)(C)C)[C@@H]1[C@@H]2CC[C@]2(C)[C@@H](OCOC)CC[C@@H]12. The average Bonchev–Trinajstić information content (AvgIpc) is 3.37. The first-order valence-corrected chi connectivity index (χ1v) is 18.0. The second-order valence-electron chi connectivity index (χ2n) is 14.9.